The maximum absolute atomic E-state index is 10.3. The highest BCUT2D eigenvalue weighted by Gasteiger charge is 2.26. The van der Waals surface area contributed by atoms with Crippen LogP contribution >= 0.6 is 0 Å². The average Bonchev–Trinajstić information content (AvgIpc) is 2.33. The van der Waals surface area contributed by atoms with Crippen molar-refractivity contribution in [2.24, 2.45) is 10.8 Å². The van der Waals surface area contributed by atoms with E-state index < -0.39 is 0 Å². The molecule has 1 aromatic rings. The van der Waals surface area contributed by atoms with E-state index in [-0.39, 0.29) is 16.9 Å². The second-order valence-corrected chi connectivity index (χ2v) is 8.82. The smallest absolute Gasteiger partial charge is 0.115 e. The van der Waals surface area contributed by atoms with Crippen molar-refractivity contribution in [3.8, 4) is 5.75 Å². The molecule has 0 aromatic heterocycles. The van der Waals surface area contributed by atoms with Crippen molar-refractivity contribution in [3.05, 3.63) is 29.8 Å². The molecule has 126 valence electrons. The van der Waals surface area contributed by atoms with Crippen molar-refractivity contribution in [1.29, 1.82) is 0 Å². The predicted octanol–water partition coefficient (Wildman–Crippen LogP) is 5.49. The Morgan fingerprint density at radius 2 is 1.50 bits per heavy atom. The van der Waals surface area contributed by atoms with Gasteiger partial charge in [-0.25, -0.2) is 0 Å². The first-order valence-corrected chi connectivity index (χ1v) is 8.45. The highest BCUT2D eigenvalue weighted by Crippen LogP contribution is 2.35. The fourth-order valence-corrected chi connectivity index (χ4v) is 3.10. The van der Waals surface area contributed by atoms with Crippen molar-refractivity contribution in [2.75, 3.05) is 0 Å². The SMILES string of the molecule is CC(CCC(C)(C)CC(O)CC(C)(C)C)c1ccc(O)cc1. The van der Waals surface area contributed by atoms with Crippen molar-refractivity contribution < 1.29 is 10.2 Å². The molecule has 22 heavy (non-hydrogen) atoms. The lowest BCUT2D eigenvalue weighted by molar-refractivity contribution is 0.0710. The molecule has 0 aliphatic heterocycles. The van der Waals surface area contributed by atoms with E-state index in [1.165, 1.54) is 5.56 Å². The first-order valence-electron chi connectivity index (χ1n) is 8.45. The molecule has 2 heteroatoms. The summed E-state index contributed by atoms with van der Waals surface area (Å²) in [5.41, 5.74) is 1.59. The average molecular weight is 306 g/mol. The van der Waals surface area contributed by atoms with Gasteiger partial charge in [0.2, 0.25) is 0 Å². The number of phenols is 1. The highest BCUT2D eigenvalue weighted by molar-refractivity contribution is 5.27. The minimum Gasteiger partial charge on any atom is -0.508 e. The van der Waals surface area contributed by atoms with Crippen LogP contribution in [0.25, 0.3) is 0 Å². The van der Waals surface area contributed by atoms with Gasteiger partial charge in [-0.05, 0) is 60.1 Å². The molecular formula is C20H34O2. The van der Waals surface area contributed by atoms with Gasteiger partial charge in [0, 0.05) is 0 Å². The van der Waals surface area contributed by atoms with Gasteiger partial charge in [0.15, 0.2) is 0 Å². The molecule has 0 aliphatic rings. The van der Waals surface area contributed by atoms with Crippen LogP contribution in [0.3, 0.4) is 0 Å². The molecule has 1 rings (SSSR count). The molecule has 2 unspecified atom stereocenters. The first-order chi connectivity index (χ1) is 9.98. The number of hydrogen-bond acceptors (Lipinski definition) is 2. The summed E-state index contributed by atoms with van der Waals surface area (Å²) >= 11 is 0. The first kappa shape index (κ1) is 19.0. The molecule has 0 fully saturated rings. The monoisotopic (exact) mass is 306 g/mol. The van der Waals surface area contributed by atoms with E-state index in [9.17, 15) is 10.2 Å². The number of aliphatic hydroxyl groups excluding tert-OH is 1. The molecule has 0 spiro atoms. The van der Waals surface area contributed by atoms with Crippen LogP contribution in [0, 0.1) is 10.8 Å². The van der Waals surface area contributed by atoms with Gasteiger partial charge in [-0.1, -0.05) is 53.7 Å². The molecule has 2 atom stereocenters. The summed E-state index contributed by atoms with van der Waals surface area (Å²) < 4.78 is 0. The Hall–Kier alpha value is -1.02. The Balaban J connectivity index is 2.49. The summed E-state index contributed by atoms with van der Waals surface area (Å²) in [6, 6.07) is 7.51. The third-order valence-electron chi connectivity index (χ3n) is 4.35. The van der Waals surface area contributed by atoms with Crippen molar-refractivity contribution in [2.45, 2.75) is 79.2 Å². The van der Waals surface area contributed by atoms with E-state index in [4.69, 9.17) is 0 Å². The standard InChI is InChI=1S/C20H34O2/c1-15(16-7-9-17(21)10-8-16)11-12-20(5,6)14-18(22)13-19(2,3)4/h7-10,15,18,21-22H,11-14H2,1-6H3. The zero-order valence-corrected chi connectivity index (χ0v) is 15.2. The molecule has 2 nitrogen and oxygen atoms in total. The molecule has 0 radical (unpaired) electrons. The quantitative estimate of drug-likeness (QED) is 0.699. The number of aromatic hydroxyl groups is 1. The second-order valence-electron chi connectivity index (χ2n) is 8.82. The lowest BCUT2D eigenvalue weighted by atomic mass is 9.76. The highest BCUT2D eigenvalue weighted by atomic mass is 16.3. The molecule has 0 saturated carbocycles. The summed E-state index contributed by atoms with van der Waals surface area (Å²) in [5.74, 6) is 0.793. The normalized spacial score (nSPS) is 15.6. The molecule has 0 bridgehead atoms. The number of rotatable bonds is 7. The van der Waals surface area contributed by atoms with E-state index in [2.05, 4.69) is 41.5 Å². The fraction of sp³-hybridized carbons (Fsp3) is 0.700. The van der Waals surface area contributed by atoms with E-state index in [0.717, 1.165) is 25.7 Å². The summed E-state index contributed by atoms with van der Waals surface area (Å²) in [5, 5.41) is 19.7. The van der Waals surface area contributed by atoms with Gasteiger partial charge < -0.3 is 10.2 Å². The molecule has 0 amide bonds. The Bertz CT molecular complexity index is 440. The van der Waals surface area contributed by atoms with Crippen LogP contribution in [0.1, 0.15) is 78.7 Å². The second kappa shape index (κ2) is 7.50. The van der Waals surface area contributed by atoms with Crippen LogP contribution in [0.2, 0.25) is 0 Å². The largest absolute Gasteiger partial charge is 0.508 e. The number of phenolic OH excluding ortho intramolecular Hbond substituents is 1. The van der Waals surface area contributed by atoms with Gasteiger partial charge in [0.25, 0.3) is 0 Å². The maximum Gasteiger partial charge on any atom is 0.115 e. The predicted molar refractivity (Wildman–Crippen MR) is 94.2 cm³/mol. The minimum absolute atomic E-state index is 0.149. The molecule has 0 saturated heterocycles. The lowest BCUT2D eigenvalue weighted by Crippen LogP contribution is -2.25. The summed E-state index contributed by atoms with van der Waals surface area (Å²) in [4.78, 5) is 0. The maximum atomic E-state index is 10.3. The van der Waals surface area contributed by atoms with E-state index in [1.807, 2.05) is 12.1 Å². The molecule has 0 heterocycles. The van der Waals surface area contributed by atoms with Gasteiger partial charge in [-0.2, -0.15) is 0 Å². The fourth-order valence-electron chi connectivity index (χ4n) is 3.10. The van der Waals surface area contributed by atoms with Crippen LogP contribution in [0.15, 0.2) is 24.3 Å². The summed E-state index contributed by atoms with van der Waals surface area (Å²) in [6.07, 6.45) is 3.67. The summed E-state index contributed by atoms with van der Waals surface area (Å²) in [7, 11) is 0. The van der Waals surface area contributed by atoms with Crippen LogP contribution in [0.4, 0.5) is 0 Å². The number of aliphatic hydroxyl groups is 1. The molecule has 0 aliphatic carbocycles. The third kappa shape index (κ3) is 7.31. The molecular weight excluding hydrogens is 272 g/mol. The van der Waals surface area contributed by atoms with E-state index >= 15 is 0 Å². The van der Waals surface area contributed by atoms with Gasteiger partial charge >= 0.3 is 0 Å². The Kier molecular flexibility index (Phi) is 6.49. The minimum atomic E-state index is -0.223. The Morgan fingerprint density at radius 3 is 2.00 bits per heavy atom. The molecule has 1 aromatic carbocycles. The number of hydrogen-bond donors (Lipinski definition) is 2. The van der Waals surface area contributed by atoms with Gasteiger partial charge in [0.05, 0.1) is 6.10 Å². The Labute approximate surface area is 136 Å². The van der Waals surface area contributed by atoms with Gasteiger partial charge in [0.1, 0.15) is 5.75 Å². The van der Waals surface area contributed by atoms with E-state index in [0.29, 0.717) is 11.7 Å². The van der Waals surface area contributed by atoms with Crippen LogP contribution in [0.5, 0.6) is 5.75 Å². The Morgan fingerprint density at radius 1 is 0.955 bits per heavy atom. The van der Waals surface area contributed by atoms with Crippen molar-refractivity contribution in [3.63, 3.8) is 0 Å². The van der Waals surface area contributed by atoms with Crippen molar-refractivity contribution >= 4 is 0 Å². The zero-order valence-electron chi connectivity index (χ0n) is 15.2. The molecule has 2 N–H and O–H groups in total. The lowest BCUT2D eigenvalue weighted by Gasteiger charge is -2.31. The van der Waals surface area contributed by atoms with E-state index in [1.54, 1.807) is 12.1 Å². The number of benzene rings is 1. The van der Waals surface area contributed by atoms with Crippen molar-refractivity contribution in [1.82, 2.24) is 0 Å². The summed E-state index contributed by atoms with van der Waals surface area (Å²) in [6.45, 7) is 13.3. The van der Waals surface area contributed by atoms with Crippen LogP contribution < -0.4 is 0 Å². The zero-order chi connectivity index (χ0) is 17.0. The van der Waals surface area contributed by atoms with Gasteiger partial charge in [-0.15, -0.1) is 0 Å². The topological polar surface area (TPSA) is 40.5 Å². The van der Waals surface area contributed by atoms with Crippen LogP contribution in [-0.2, 0) is 0 Å². The van der Waals surface area contributed by atoms with Crippen LogP contribution in [-0.4, -0.2) is 16.3 Å². The third-order valence-corrected chi connectivity index (χ3v) is 4.35. The van der Waals surface area contributed by atoms with Gasteiger partial charge in [-0.3, -0.25) is 0 Å².